The molecule has 0 bridgehead atoms. The number of hydrogen-bond acceptors (Lipinski definition) is 4. The second kappa shape index (κ2) is 8.96. The number of amidine groups is 1. The quantitative estimate of drug-likeness (QED) is 0.386. The third kappa shape index (κ3) is 4.71. The first-order valence-corrected chi connectivity index (χ1v) is 9.84. The molecule has 1 atom stereocenters. The molecule has 1 fully saturated rings. The van der Waals surface area contributed by atoms with Gasteiger partial charge in [-0.25, -0.2) is 0 Å². The van der Waals surface area contributed by atoms with E-state index >= 15 is 0 Å². The Morgan fingerprint density at radius 3 is 2.58 bits per heavy atom. The number of nitrogens with zero attached hydrogens (tertiary/aromatic N) is 3. The molecule has 0 N–H and O–H groups in total. The number of hydrogen-bond donors (Lipinski definition) is 0. The fraction of sp³-hybridized carbons (Fsp3) is 0.150. The van der Waals surface area contributed by atoms with Crippen molar-refractivity contribution in [1.82, 2.24) is 4.90 Å². The Morgan fingerprint density at radius 2 is 1.88 bits per heavy atom. The molecule has 4 nitrogen and oxygen atoms in total. The SMILES string of the molecule is C=CCN1C(=O)[C@H](Cc2ccc(Br)cc2)S/C1=N\N=C/c1ccccc1. The molecule has 1 aliphatic rings. The van der Waals surface area contributed by atoms with Gasteiger partial charge in [0.25, 0.3) is 0 Å². The number of amides is 1. The number of thioether (sulfide) groups is 1. The third-order valence-corrected chi connectivity index (χ3v) is 5.51. The summed E-state index contributed by atoms with van der Waals surface area (Å²) in [5.41, 5.74) is 2.08. The molecule has 0 aliphatic carbocycles. The Hall–Kier alpha value is -2.18. The van der Waals surface area contributed by atoms with E-state index in [-0.39, 0.29) is 11.2 Å². The minimum atomic E-state index is -0.193. The smallest absolute Gasteiger partial charge is 0.242 e. The van der Waals surface area contributed by atoms with Crippen LogP contribution >= 0.6 is 27.7 Å². The molecular formula is C20H18BrN3OS. The lowest BCUT2D eigenvalue weighted by atomic mass is 10.1. The van der Waals surface area contributed by atoms with Crippen LogP contribution in [0.1, 0.15) is 11.1 Å². The first kappa shape index (κ1) is 18.6. The van der Waals surface area contributed by atoms with Crippen molar-refractivity contribution in [2.75, 3.05) is 6.54 Å². The number of carbonyl (C=O) groups is 1. The maximum atomic E-state index is 12.7. The highest BCUT2D eigenvalue weighted by Gasteiger charge is 2.37. The van der Waals surface area contributed by atoms with Crippen LogP contribution in [0.4, 0.5) is 0 Å². The van der Waals surface area contributed by atoms with Gasteiger partial charge in [0.2, 0.25) is 5.91 Å². The fourth-order valence-corrected chi connectivity index (χ4v) is 3.94. The van der Waals surface area contributed by atoms with Gasteiger partial charge in [-0.2, -0.15) is 5.10 Å². The average Bonchev–Trinajstić information content (AvgIpc) is 2.94. The van der Waals surface area contributed by atoms with Crippen LogP contribution in [0.25, 0.3) is 0 Å². The Labute approximate surface area is 165 Å². The summed E-state index contributed by atoms with van der Waals surface area (Å²) in [6.07, 6.45) is 4.05. The van der Waals surface area contributed by atoms with Crippen LogP contribution in [0.5, 0.6) is 0 Å². The van der Waals surface area contributed by atoms with Gasteiger partial charge >= 0.3 is 0 Å². The minimum Gasteiger partial charge on any atom is -0.285 e. The summed E-state index contributed by atoms with van der Waals surface area (Å²) in [6.45, 7) is 4.17. The van der Waals surface area contributed by atoms with Gasteiger partial charge in [0, 0.05) is 11.0 Å². The summed E-state index contributed by atoms with van der Waals surface area (Å²) in [6, 6.07) is 17.8. The van der Waals surface area contributed by atoms with Crippen molar-refractivity contribution in [2.45, 2.75) is 11.7 Å². The van der Waals surface area contributed by atoms with Gasteiger partial charge in [-0.3, -0.25) is 9.69 Å². The van der Waals surface area contributed by atoms with E-state index in [0.29, 0.717) is 18.1 Å². The zero-order chi connectivity index (χ0) is 18.4. The van der Waals surface area contributed by atoms with E-state index in [9.17, 15) is 4.79 Å². The van der Waals surface area contributed by atoms with Crippen LogP contribution in [-0.4, -0.2) is 34.0 Å². The van der Waals surface area contributed by atoms with Crippen molar-refractivity contribution in [2.24, 2.45) is 10.2 Å². The average molecular weight is 428 g/mol. The molecule has 2 aromatic rings. The predicted molar refractivity (Wildman–Crippen MR) is 113 cm³/mol. The van der Waals surface area contributed by atoms with Crippen LogP contribution in [0, 0.1) is 0 Å². The van der Waals surface area contributed by atoms with E-state index in [2.05, 4.69) is 32.7 Å². The first-order chi connectivity index (χ1) is 12.7. The van der Waals surface area contributed by atoms with Gasteiger partial charge < -0.3 is 0 Å². The molecule has 0 radical (unpaired) electrons. The van der Waals surface area contributed by atoms with Crippen molar-refractivity contribution in [3.63, 3.8) is 0 Å². The molecule has 0 aromatic heterocycles. The Kier molecular flexibility index (Phi) is 6.41. The van der Waals surface area contributed by atoms with Crippen molar-refractivity contribution in [3.05, 3.63) is 82.9 Å². The highest BCUT2D eigenvalue weighted by molar-refractivity contribution is 9.10. The van der Waals surface area contributed by atoms with Gasteiger partial charge in [0.1, 0.15) is 0 Å². The zero-order valence-corrected chi connectivity index (χ0v) is 16.5. The molecule has 6 heteroatoms. The molecule has 1 saturated heterocycles. The highest BCUT2D eigenvalue weighted by Crippen LogP contribution is 2.30. The normalized spacial score (nSPS) is 18.8. The third-order valence-electron chi connectivity index (χ3n) is 3.82. The lowest BCUT2D eigenvalue weighted by Gasteiger charge is -2.12. The standard InChI is InChI=1S/C20H18BrN3OS/c1-2-12-24-19(25)18(13-15-8-10-17(21)11-9-15)26-20(24)23-22-14-16-6-4-3-5-7-16/h2-11,14,18H,1,12-13H2/b22-14-,23-20-/t18-/m0/s1. The maximum Gasteiger partial charge on any atom is 0.242 e. The van der Waals surface area contributed by atoms with E-state index in [0.717, 1.165) is 15.6 Å². The summed E-state index contributed by atoms with van der Waals surface area (Å²) in [5.74, 6) is 0.0477. The summed E-state index contributed by atoms with van der Waals surface area (Å²) in [4.78, 5) is 14.4. The monoisotopic (exact) mass is 427 g/mol. The Bertz CT molecular complexity index is 834. The number of benzene rings is 2. The van der Waals surface area contributed by atoms with Gasteiger partial charge in [0.05, 0.1) is 11.5 Å². The number of halogens is 1. The topological polar surface area (TPSA) is 45.0 Å². The lowest BCUT2D eigenvalue weighted by Crippen LogP contribution is -2.32. The summed E-state index contributed by atoms with van der Waals surface area (Å²) < 4.78 is 1.03. The van der Waals surface area contributed by atoms with Crippen molar-refractivity contribution >= 4 is 45.0 Å². The van der Waals surface area contributed by atoms with Crippen molar-refractivity contribution < 1.29 is 4.79 Å². The molecular weight excluding hydrogens is 410 g/mol. The van der Waals surface area contributed by atoms with Gasteiger partial charge in [-0.1, -0.05) is 76.2 Å². The zero-order valence-electron chi connectivity index (χ0n) is 14.1. The van der Waals surface area contributed by atoms with E-state index < -0.39 is 0 Å². The molecule has 3 rings (SSSR count). The van der Waals surface area contributed by atoms with Gasteiger partial charge in [-0.05, 0) is 29.7 Å². The van der Waals surface area contributed by atoms with Crippen LogP contribution in [0.15, 0.2) is 81.9 Å². The van der Waals surface area contributed by atoms with Crippen LogP contribution < -0.4 is 0 Å². The maximum absolute atomic E-state index is 12.7. The van der Waals surface area contributed by atoms with E-state index in [1.807, 2.05) is 54.6 Å². The van der Waals surface area contributed by atoms with Crippen LogP contribution in [0.2, 0.25) is 0 Å². The molecule has 1 aliphatic heterocycles. The Morgan fingerprint density at radius 1 is 1.15 bits per heavy atom. The number of rotatable bonds is 6. The van der Waals surface area contributed by atoms with Crippen molar-refractivity contribution in [3.8, 4) is 0 Å². The molecule has 1 amide bonds. The number of carbonyl (C=O) groups excluding carboxylic acids is 1. The molecule has 2 aromatic carbocycles. The van der Waals surface area contributed by atoms with Crippen molar-refractivity contribution in [1.29, 1.82) is 0 Å². The van der Waals surface area contributed by atoms with Gasteiger partial charge in [0.15, 0.2) is 5.17 Å². The Balaban J connectivity index is 1.75. The molecule has 0 spiro atoms. The second-order valence-electron chi connectivity index (χ2n) is 5.71. The first-order valence-electron chi connectivity index (χ1n) is 8.17. The molecule has 0 saturated carbocycles. The van der Waals surface area contributed by atoms with E-state index in [1.54, 1.807) is 17.2 Å². The fourth-order valence-electron chi connectivity index (χ4n) is 2.53. The van der Waals surface area contributed by atoms with E-state index in [4.69, 9.17) is 0 Å². The van der Waals surface area contributed by atoms with Gasteiger partial charge in [-0.15, -0.1) is 11.7 Å². The molecule has 132 valence electrons. The highest BCUT2D eigenvalue weighted by atomic mass is 79.9. The minimum absolute atomic E-state index is 0.0477. The lowest BCUT2D eigenvalue weighted by molar-refractivity contribution is -0.125. The predicted octanol–water partition coefficient (Wildman–Crippen LogP) is 4.51. The summed E-state index contributed by atoms with van der Waals surface area (Å²) >= 11 is 4.89. The molecule has 1 heterocycles. The van der Waals surface area contributed by atoms with Crippen LogP contribution in [0.3, 0.4) is 0 Å². The van der Waals surface area contributed by atoms with E-state index in [1.165, 1.54) is 11.8 Å². The largest absolute Gasteiger partial charge is 0.285 e. The molecule has 26 heavy (non-hydrogen) atoms. The summed E-state index contributed by atoms with van der Waals surface area (Å²) in [7, 11) is 0. The van der Waals surface area contributed by atoms with Crippen LogP contribution in [-0.2, 0) is 11.2 Å². The molecule has 0 unspecified atom stereocenters. The second-order valence-corrected chi connectivity index (χ2v) is 7.80. The summed E-state index contributed by atoms with van der Waals surface area (Å²) in [5, 5.41) is 8.85.